The summed E-state index contributed by atoms with van der Waals surface area (Å²) >= 11 is 0. The van der Waals surface area contributed by atoms with Crippen molar-refractivity contribution in [2.24, 2.45) is 5.92 Å². The summed E-state index contributed by atoms with van der Waals surface area (Å²) in [6, 6.07) is 2.11. The van der Waals surface area contributed by atoms with E-state index in [-0.39, 0.29) is 12.0 Å². The SMILES string of the molecule is CC(C)(C)OC(=O)N1CC2(C1)OCC(CC#N)CO2. The van der Waals surface area contributed by atoms with Gasteiger partial charge in [-0.3, -0.25) is 4.90 Å². The first-order valence-electron chi connectivity index (χ1n) is 6.46. The zero-order chi connectivity index (χ0) is 14.1. The van der Waals surface area contributed by atoms with Crippen LogP contribution < -0.4 is 0 Å². The predicted octanol–water partition coefficient (Wildman–Crippen LogP) is 1.51. The van der Waals surface area contributed by atoms with Gasteiger partial charge < -0.3 is 14.2 Å². The lowest BCUT2D eigenvalue weighted by Crippen LogP contribution is -2.68. The summed E-state index contributed by atoms with van der Waals surface area (Å²) in [4.78, 5) is 13.3. The third-order valence-corrected chi connectivity index (χ3v) is 3.06. The van der Waals surface area contributed by atoms with Crippen molar-refractivity contribution in [1.29, 1.82) is 5.26 Å². The van der Waals surface area contributed by atoms with E-state index in [1.54, 1.807) is 4.90 Å². The number of hydrogen-bond donors (Lipinski definition) is 0. The van der Waals surface area contributed by atoms with Gasteiger partial charge >= 0.3 is 6.09 Å². The Bertz CT molecular complexity index is 380. The number of amides is 1. The van der Waals surface area contributed by atoms with Crippen LogP contribution in [-0.2, 0) is 14.2 Å². The first-order valence-corrected chi connectivity index (χ1v) is 6.46. The van der Waals surface area contributed by atoms with Gasteiger partial charge in [0.1, 0.15) is 5.60 Å². The number of nitrogens with zero attached hydrogens (tertiary/aromatic N) is 2. The third-order valence-electron chi connectivity index (χ3n) is 3.06. The average molecular weight is 268 g/mol. The maximum absolute atomic E-state index is 11.8. The molecule has 0 radical (unpaired) electrons. The zero-order valence-corrected chi connectivity index (χ0v) is 11.6. The summed E-state index contributed by atoms with van der Waals surface area (Å²) < 4.78 is 16.6. The lowest BCUT2D eigenvalue weighted by atomic mass is 10.0. The maximum atomic E-state index is 11.8. The molecule has 0 aromatic rings. The quantitative estimate of drug-likeness (QED) is 0.720. The molecule has 0 aromatic carbocycles. The Morgan fingerprint density at radius 1 is 1.42 bits per heavy atom. The van der Waals surface area contributed by atoms with E-state index in [4.69, 9.17) is 19.5 Å². The highest BCUT2D eigenvalue weighted by atomic mass is 16.7. The molecule has 0 bridgehead atoms. The van der Waals surface area contributed by atoms with Gasteiger partial charge in [0, 0.05) is 12.3 Å². The number of rotatable bonds is 1. The van der Waals surface area contributed by atoms with Crippen molar-refractivity contribution >= 4 is 6.09 Å². The number of hydrogen-bond acceptors (Lipinski definition) is 5. The summed E-state index contributed by atoms with van der Waals surface area (Å²) in [5, 5.41) is 8.61. The lowest BCUT2D eigenvalue weighted by Gasteiger charge is -2.51. The van der Waals surface area contributed by atoms with Crippen molar-refractivity contribution in [3.05, 3.63) is 0 Å². The molecule has 6 heteroatoms. The van der Waals surface area contributed by atoms with Crippen molar-refractivity contribution < 1.29 is 19.0 Å². The molecular formula is C13H20N2O4. The molecule has 19 heavy (non-hydrogen) atoms. The van der Waals surface area contributed by atoms with Crippen molar-refractivity contribution in [2.75, 3.05) is 26.3 Å². The number of likely N-dealkylation sites (tertiary alicyclic amines) is 1. The van der Waals surface area contributed by atoms with Crippen molar-refractivity contribution in [1.82, 2.24) is 4.90 Å². The molecule has 1 spiro atoms. The van der Waals surface area contributed by atoms with Crippen molar-refractivity contribution in [2.45, 2.75) is 38.6 Å². The fourth-order valence-corrected chi connectivity index (χ4v) is 2.05. The van der Waals surface area contributed by atoms with Crippen molar-refractivity contribution in [3.63, 3.8) is 0 Å². The van der Waals surface area contributed by atoms with Crippen LogP contribution in [0.5, 0.6) is 0 Å². The Labute approximate surface area is 113 Å². The predicted molar refractivity (Wildman–Crippen MR) is 66.2 cm³/mol. The average Bonchev–Trinajstić information content (AvgIpc) is 2.25. The molecule has 6 nitrogen and oxygen atoms in total. The van der Waals surface area contributed by atoms with Crippen LogP contribution in [0.4, 0.5) is 4.79 Å². The van der Waals surface area contributed by atoms with Crippen LogP contribution in [0.25, 0.3) is 0 Å². The minimum atomic E-state index is -0.678. The number of ether oxygens (including phenoxy) is 3. The molecule has 0 saturated carbocycles. The van der Waals surface area contributed by atoms with Gasteiger partial charge in [0.15, 0.2) is 0 Å². The van der Waals surface area contributed by atoms with E-state index in [1.165, 1.54) is 0 Å². The van der Waals surface area contributed by atoms with Gasteiger partial charge in [-0.2, -0.15) is 5.26 Å². The molecule has 2 heterocycles. The Hall–Kier alpha value is -1.32. The second-order valence-corrected chi connectivity index (χ2v) is 6.10. The van der Waals surface area contributed by atoms with Gasteiger partial charge in [0.2, 0.25) is 5.79 Å². The van der Waals surface area contributed by atoms with Gasteiger partial charge in [-0.05, 0) is 20.8 Å². The summed E-state index contributed by atoms with van der Waals surface area (Å²) in [7, 11) is 0. The van der Waals surface area contributed by atoms with Gasteiger partial charge in [0.05, 0.1) is 32.4 Å². The molecule has 0 aliphatic carbocycles. The van der Waals surface area contributed by atoms with Gasteiger partial charge in [-0.1, -0.05) is 0 Å². The molecular weight excluding hydrogens is 248 g/mol. The van der Waals surface area contributed by atoms with E-state index in [0.717, 1.165) is 0 Å². The monoisotopic (exact) mass is 268 g/mol. The first-order chi connectivity index (χ1) is 8.84. The van der Waals surface area contributed by atoms with Crippen LogP contribution in [0, 0.1) is 17.2 Å². The topological polar surface area (TPSA) is 71.8 Å². The van der Waals surface area contributed by atoms with Crippen LogP contribution >= 0.6 is 0 Å². The highest BCUT2D eigenvalue weighted by Crippen LogP contribution is 2.32. The first kappa shape index (κ1) is 14.1. The molecule has 0 N–H and O–H groups in total. The number of nitriles is 1. The van der Waals surface area contributed by atoms with E-state index in [0.29, 0.717) is 32.7 Å². The minimum absolute atomic E-state index is 0.131. The van der Waals surface area contributed by atoms with E-state index in [1.807, 2.05) is 20.8 Å². The van der Waals surface area contributed by atoms with E-state index in [2.05, 4.69) is 6.07 Å². The summed E-state index contributed by atoms with van der Waals surface area (Å²) in [6.07, 6.45) is 0.0933. The molecule has 106 valence electrons. The molecule has 0 aromatic heterocycles. The van der Waals surface area contributed by atoms with E-state index >= 15 is 0 Å². The van der Waals surface area contributed by atoms with Crippen LogP contribution in [-0.4, -0.2) is 48.7 Å². The van der Waals surface area contributed by atoms with Crippen molar-refractivity contribution in [3.8, 4) is 6.07 Å². The molecule has 2 fully saturated rings. The summed E-state index contributed by atoms with van der Waals surface area (Å²) in [5.74, 6) is -0.547. The minimum Gasteiger partial charge on any atom is -0.444 e. The van der Waals surface area contributed by atoms with Gasteiger partial charge in [-0.15, -0.1) is 0 Å². The Morgan fingerprint density at radius 2 is 2.00 bits per heavy atom. The highest BCUT2D eigenvalue weighted by Gasteiger charge is 2.51. The second kappa shape index (κ2) is 4.99. The van der Waals surface area contributed by atoms with Crippen LogP contribution in [0.1, 0.15) is 27.2 Å². The molecule has 2 rings (SSSR count). The molecule has 0 atom stereocenters. The molecule has 2 aliphatic heterocycles. The van der Waals surface area contributed by atoms with Crippen LogP contribution in [0.15, 0.2) is 0 Å². The lowest BCUT2D eigenvalue weighted by molar-refractivity contribution is -0.327. The van der Waals surface area contributed by atoms with Crippen LogP contribution in [0.2, 0.25) is 0 Å². The molecule has 0 unspecified atom stereocenters. The molecule has 2 saturated heterocycles. The Morgan fingerprint density at radius 3 is 2.47 bits per heavy atom. The fraction of sp³-hybridized carbons (Fsp3) is 0.846. The standard InChI is InChI=1S/C13H20N2O4/c1-12(2,3)19-11(16)15-8-13(9-15)17-6-10(4-5-14)7-18-13/h10H,4,6-9H2,1-3H3. The Balaban J connectivity index is 1.77. The summed E-state index contributed by atoms with van der Waals surface area (Å²) in [5.41, 5.74) is -0.494. The number of carbonyl (C=O) groups excluding carboxylic acids is 1. The maximum Gasteiger partial charge on any atom is 0.410 e. The van der Waals surface area contributed by atoms with Crippen LogP contribution in [0.3, 0.4) is 0 Å². The second-order valence-electron chi connectivity index (χ2n) is 6.10. The van der Waals surface area contributed by atoms with E-state index < -0.39 is 11.4 Å². The molecule has 1 amide bonds. The summed E-state index contributed by atoms with van der Waals surface area (Å²) in [6.45, 7) is 7.30. The molecule has 2 aliphatic rings. The van der Waals surface area contributed by atoms with E-state index in [9.17, 15) is 4.79 Å². The fourth-order valence-electron chi connectivity index (χ4n) is 2.05. The number of carbonyl (C=O) groups is 1. The highest BCUT2D eigenvalue weighted by molar-refractivity contribution is 5.69. The normalized spacial score (nSPS) is 22.7. The van der Waals surface area contributed by atoms with Gasteiger partial charge in [0.25, 0.3) is 0 Å². The van der Waals surface area contributed by atoms with Gasteiger partial charge in [-0.25, -0.2) is 4.79 Å². The third kappa shape index (κ3) is 3.37. The zero-order valence-electron chi connectivity index (χ0n) is 11.6. The largest absolute Gasteiger partial charge is 0.444 e. The Kier molecular flexibility index (Phi) is 3.70. The smallest absolute Gasteiger partial charge is 0.410 e.